The van der Waals surface area contributed by atoms with Gasteiger partial charge in [-0.3, -0.25) is 4.79 Å². The minimum absolute atomic E-state index is 0.161. The summed E-state index contributed by atoms with van der Waals surface area (Å²) in [6.07, 6.45) is 0. The van der Waals surface area contributed by atoms with Crippen LogP contribution in [0.3, 0.4) is 0 Å². The molecule has 0 aliphatic rings. The van der Waals surface area contributed by atoms with Crippen LogP contribution in [0.25, 0.3) is 11.0 Å². The second kappa shape index (κ2) is 4.97. The number of halogens is 2. The Kier molecular flexibility index (Phi) is 3.28. The average molecular weight is 305 g/mol. The van der Waals surface area contributed by atoms with E-state index >= 15 is 0 Å². The average Bonchev–Trinajstić information content (AvgIpc) is 2.77. The molecule has 0 unspecified atom stereocenters. The molecule has 0 N–H and O–H groups in total. The van der Waals surface area contributed by atoms with E-state index in [1.165, 1.54) is 0 Å². The van der Waals surface area contributed by atoms with E-state index in [2.05, 4.69) is 0 Å². The van der Waals surface area contributed by atoms with Crippen LogP contribution >= 0.6 is 23.2 Å². The topological polar surface area (TPSA) is 30.2 Å². The van der Waals surface area contributed by atoms with Crippen molar-refractivity contribution in [3.8, 4) is 0 Å². The molecule has 100 valence electrons. The molecule has 0 saturated heterocycles. The molecule has 0 saturated carbocycles. The third-order valence-electron chi connectivity index (χ3n) is 3.20. The predicted molar refractivity (Wildman–Crippen MR) is 80.8 cm³/mol. The zero-order valence-corrected chi connectivity index (χ0v) is 12.1. The Balaban J connectivity index is 2.21. The van der Waals surface area contributed by atoms with Gasteiger partial charge < -0.3 is 4.42 Å². The number of fused-ring (bicyclic) bond motifs is 1. The molecule has 0 spiro atoms. The molecule has 0 aliphatic heterocycles. The molecule has 0 fully saturated rings. The molecule has 0 bridgehead atoms. The van der Waals surface area contributed by atoms with E-state index < -0.39 is 0 Å². The van der Waals surface area contributed by atoms with Crippen molar-refractivity contribution >= 4 is 40.0 Å². The molecule has 2 nitrogen and oxygen atoms in total. The maximum atomic E-state index is 12.5. The van der Waals surface area contributed by atoms with E-state index in [4.69, 9.17) is 27.6 Å². The van der Waals surface area contributed by atoms with Crippen molar-refractivity contribution in [1.82, 2.24) is 0 Å². The van der Waals surface area contributed by atoms with Crippen molar-refractivity contribution in [2.24, 2.45) is 0 Å². The lowest BCUT2D eigenvalue weighted by atomic mass is 10.1. The monoisotopic (exact) mass is 304 g/mol. The lowest BCUT2D eigenvalue weighted by molar-refractivity contribution is 0.101. The van der Waals surface area contributed by atoms with Gasteiger partial charge in [0, 0.05) is 21.5 Å². The van der Waals surface area contributed by atoms with Crippen molar-refractivity contribution < 1.29 is 9.21 Å². The van der Waals surface area contributed by atoms with Crippen LogP contribution in [0, 0.1) is 6.92 Å². The first-order valence-electron chi connectivity index (χ1n) is 6.06. The fourth-order valence-corrected chi connectivity index (χ4v) is 2.71. The van der Waals surface area contributed by atoms with Crippen LogP contribution in [0.1, 0.15) is 21.7 Å². The Morgan fingerprint density at radius 3 is 2.50 bits per heavy atom. The molecular formula is C16H10Cl2O2. The lowest BCUT2D eigenvalue weighted by Crippen LogP contribution is -2.00. The first-order valence-corrected chi connectivity index (χ1v) is 6.81. The summed E-state index contributed by atoms with van der Waals surface area (Å²) in [4.78, 5) is 12.5. The molecule has 2 aromatic carbocycles. The van der Waals surface area contributed by atoms with Gasteiger partial charge in [-0.2, -0.15) is 0 Å². The predicted octanol–water partition coefficient (Wildman–Crippen LogP) is 5.28. The van der Waals surface area contributed by atoms with Gasteiger partial charge in [0.15, 0.2) is 11.3 Å². The maximum Gasteiger partial charge on any atom is 0.228 e. The number of aryl methyl sites for hydroxylation is 1. The van der Waals surface area contributed by atoms with Crippen LogP contribution in [-0.2, 0) is 0 Å². The fraction of sp³-hybridized carbons (Fsp3) is 0.0625. The van der Waals surface area contributed by atoms with Gasteiger partial charge in [-0.1, -0.05) is 53.5 Å². The molecule has 0 radical (unpaired) electrons. The van der Waals surface area contributed by atoms with Gasteiger partial charge in [0.05, 0.1) is 5.02 Å². The minimum atomic E-state index is -0.161. The molecule has 0 aliphatic carbocycles. The lowest BCUT2D eigenvalue weighted by Gasteiger charge is -1.98. The van der Waals surface area contributed by atoms with E-state index in [0.717, 1.165) is 10.9 Å². The van der Waals surface area contributed by atoms with Gasteiger partial charge in [-0.25, -0.2) is 0 Å². The summed E-state index contributed by atoms with van der Waals surface area (Å²) in [6, 6.07) is 12.4. The van der Waals surface area contributed by atoms with E-state index in [1.807, 2.05) is 25.1 Å². The molecule has 0 atom stereocenters. The minimum Gasteiger partial charge on any atom is -0.451 e. The normalized spacial score (nSPS) is 10.9. The van der Waals surface area contributed by atoms with Crippen LogP contribution in [0.2, 0.25) is 10.0 Å². The number of carbonyl (C=O) groups is 1. The smallest absolute Gasteiger partial charge is 0.228 e. The molecule has 3 aromatic rings. The quantitative estimate of drug-likeness (QED) is 0.603. The van der Waals surface area contributed by atoms with Crippen molar-refractivity contribution in [2.75, 3.05) is 0 Å². The Labute approximate surface area is 125 Å². The van der Waals surface area contributed by atoms with Crippen molar-refractivity contribution in [1.29, 1.82) is 0 Å². The highest BCUT2D eigenvalue weighted by atomic mass is 35.5. The van der Waals surface area contributed by atoms with E-state index in [9.17, 15) is 4.79 Å². The summed E-state index contributed by atoms with van der Waals surface area (Å²) < 4.78 is 5.66. The van der Waals surface area contributed by atoms with E-state index in [1.54, 1.807) is 24.3 Å². The highest BCUT2D eigenvalue weighted by Crippen LogP contribution is 2.34. The van der Waals surface area contributed by atoms with E-state index in [-0.39, 0.29) is 5.78 Å². The van der Waals surface area contributed by atoms with Crippen molar-refractivity contribution in [3.63, 3.8) is 0 Å². The van der Waals surface area contributed by atoms with Gasteiger partial charge in [-0.05, 0) is 19.1 Å². The molecule has 1 aromatic heterocycles. The molecule has 20 heavy (non-hydrogen) atoms. The maximum absolute atomic E-state index is 12.5. The molecule has 1 heterocycles. The van der Waals surface area contributed by atoms with Crippen LogP contribution in [0.15, 0.2) is 46.9 Å². The summed E-state index contributed by atoms with van der Waals surface area (Å²) in [5.74, 6) is 0.141. The number of hydrogen-bond donors (Lipinski definition) is 0. The standard InChI is InChI=1S/C16H10Cl2O2/c1-9-12-7-11(17)8-13(18)16(12)20-15(9)14(19)10-5-3-2-4-6-10/h2-8H,1H3. The Bertz CT molecular complexity index is 804. The van der Waals surface area contributed by atoms with E-state index in [0.29, 0.717) is 27.0 Å². The van der Waals surface area contributed by atoms with Gasteiger partial charge in [0.2, 0.25) is 5.78 Å². The Morgan fingerprint density at radius 1 is 1.10 bits per heavy atom. The summed E-state index contributed by atoms with van der Waals surface area (Å²) >= 11 is 12.1. The third kappa shape index (κ3) is 2.11. The first kappa shape index (κ1) is 13.2. The zero-order valence-electron chi connectivity index (χ0n) is 10.6. The van der Waals surface area contributed by atoms with Gasteiger partial charge >= 0.3 is 0 Å². The summed E-state index contributed by atoms with van der Waals surface area (Å²) in [7, 11) is 0. The second-order valence-corrected chi connectivity index (χ2v) is 5.36. The molecule has 4 heteroatoms. The van der Waals surface area contributed by atoms with Crippen LogP contribution in [0.5, 0.6) is 0 Å². The van der Waals surface area contributed by atoms with Gasteiger partial charge in [0.1, 0.15) is 0 Å². The fourth-order valence-electron chi connectivity index (χ4n) is 2.18. The third-order valence-corrected chi connectivity index (χ3v) is 3.70. The van der Waals surface area contributed by atoms with Crippen molar-refractivity contribution in [2.45, 2.75) is 6.92 Å². The number of furan rings is 1. The van der Waals surface area contributed by atoms with Gasteiger partial charge in [-0.15, -0.1) is 0 Å². The number of carbonyl (C=O) groups excluding carboxylic acids is 1. The number of hydrogen-bond acceptors (Lipinski definition) is 2. The van der Waals surface area contributed by atoms with Crippen molar-refractivity contribution in [3.05, 3.63) is 69.4 Å². The molecule has 3 rings (SSSR count). The largest absolute Gasteiger partial charge is 0.451 e. The highest BCUT2D eigenvalue weighted by molar-refractivity contribution is 6.38. The summed E-state index contributed by atoms with van der Waals surface area (Å²) in [5, 5.41) is 1.69. The second-order valence-electron chi connectivity index (χ2n) is 4.52. The molecular weight excluding hydrogens is 295 g/mol. The van der Waals surface area contributed by atoms with Crippen LogP contribution in [0.4, 0.5) is 0 Å². The molecule has 0 amide bonds. The number of benzene rings is 2. The SMILES string of the molecule is Cc1c(C(=O)c2ccccc2)oc2c(Cl)cc(Cl)cc12. The Hall–Kier alpha value is -1.77. The summed E-state index contributed by atoms with van der Waals surface area (Å²) in [6.45, 7) is 1.83. The van der Waals surface area contributed by atoms with Crippen LogP contribution < -0.4 is 0 Å². The van der Waals surface area contributed by atoms with Gasteiger partial charge in [0.25, 0.3) is 0 Å². The zero-order chi connectivity index (χ0) is 14.3. The Morgan fingerprint density at radius 2 is 1.80 bits per heavy atom. The number of rotatable bonds is 2. The number of ketones is 1. The highest BCUT2D eigenvalue weighted by Gasteiger charge is 2.20. The summed E-state index contributed by atoms with van der Waals surface area (Å²) in [5.41, 5.74) is 1.82. The van der Waals surface area contributed by atoms with Crippen LogP contribution in [-0.4, -0.2) is 5.78 Å². The first-order chi connectivity index (χ1) is 9.58.